The fourth-order valence-electron chi connectivity index (χ4n) is 5.42. The van der Waals surface area contributed by atoms with Gasteiger partial charge in [-0.1, -0.05) is 82.1 Å². The largest absolute Gasteiger partial charge is 0.333 e. The van der Waals surface area contributed by atoms with Crippen LogP contribution in [-0.2, 0) is 4.79 Å². The first-order valence-electron chi connectivity index (χ1n) is 15.8. The Morgan fingerprint density at radius 2 is 1.24 bits per heavy atom. The van der Waals surface area contributed by atoms with Crippen molar-refractivity contribution in [1.29, 1.82) is 0 Å². The van der Waals surface area contributed by atoms with Gasteiger partial charge in [-0.15, -0.1) is 0 Å². The molecule has 0 radical (unpaired) electrons. The van der Waals surface area contributed by atoms with Gasteiger partial charge < -0.3 is 5.32 Å². The van der Waals surface area contributed by atoms with Gasteiger partial charge in [0.1, 0.15) is 34.7 Å². The standard InChI is InChI=1S/C19H12Cl2FN3OS.C19H10Cl2FN3OS/c2*20-13-2-1-3-14(21)17(13)18-15-8-9-16(24-25(15)10-23-19(18)26)27-12-6-4-11(22)5-7-12/h1-9H,10H2,(H,23,26);1-10H. The molecule has 0 saturated carbocycles. The number of allylic oxidation sites excluding steroid dienone is 1. The highest BCUT2D eigenvalue weighted by molar-refractivity contribution is 8.14. The highest BCUT2D eigenvalue weighted by atomic mass is 35.5. The van der Waals surface area contributed by atoms with Crippen LogP contribution in [0.4, 0.5) is 8.78 Å². The molecule has 2 aliphatic heterocycles. The lowest BCUT2D eigenvalue weighted by Gasteiger charge is -2.31. The molecule has 0 aliphatic carbocycles. The van der Waals surface area contributed by atoms with Gasteiger partial charge in [-0.2, -0.15) is 15.2 Å². The quantitative estimate of drug-likeness (QED) is 0.185. The van der Waals surface area contributed by atoms with Gasteiger partial charge in [0.15, 0.2) is 0 Å². The molecule has 2 aromatic heterocycles. The zero-order valence-corrected chi connectivity index (χ0v) is 32.0. The molecular formula is C38H22Cl4F2N6O2S2. The number of carbonyl (C=O) groups excluding carboxylic acids is 1. The van der Waals surface area contributed by atoms with Crippen LogP contribution in [0.3, 0.4) is 0 Å². The number of nitrogens with zero attached hydrogens (tertiary/aromatic N) is 5. The van der Waals surface area contributed by atoms with E-state index < -0.39 is 5.56 Å². The summed E-state index contributed by atoms with van der Waals surface area (Å²) in [7, 11) is 0. The number of hydrogen-bond acceptors (Lipinski definition) is 8. The van der Waals surface area contributed by atoms with Crippen molar-refractivity contribution in [2.45, 2.75) is 14.8 Å². The Bertz CT molecular complexity index is 2550. The Hall–Kier alpha value is -4.69. The minimum absolute atomic E-state index is 0.234. The van der Waals surface area contributed by atoms with E-state index in [1.165, 1.54) is 58.6 Å². The zero-order valence-electron chi connectivity index (χ0n) is 27.3. The van der Waals surface area contributed by atoms with E-state index in [9.17, 15) is 18.4 Å². The number of nitrogens with one attached hydrogen (secondary N) is 1. The molecule has 0 fully saturated rings. The molecule has 0 atom stereocenters. The second-order valence-corrected chi connectivity index (χ2v) is 15.1. The second-order valence-electron chi connectivity index (χ2n) is 11.3. The number of hydrazone groups is 1. The van der Waals surface area contributed by atoms with Crippen molar-refractivity contribution in [1.82, 2.24) is 24.9 Å². The third-order valence-electron chi connectivity index (χ3n) is 7.84. The van der Waals surface area contributed by atoms with Crippen LogP contribution in [-0.4, -0.2) is 37.2 Å². The highest BCUT2D eigenvalue weighted by Crippen LogP contribution is 2.38. The molecule has 1 N–H and O–H groups in total. The van der Waals surface area contributed by atoms with Crippen molar-refractivity contribution in [3.63, 3.8) is 0 Å². The van der Waals surface area contributed by atoms with Crippen LogP contribution in [0.2, 0.25) is 20.1 Å². The van der Waals surface area contributed by atoms with Gasteiger partial charge in [-0.3, -0.25) is 9.59 Å². The third-order valence-corrected chi connectivity index (χ3v) is 11.0. The summed E-state index contributed by atoms with van der Waals surface area (Å²) < 4.78 is 27.6. The van der Waals surface area contributed by atoms with E-state index >= 15 is 0 Å². The normalized spacial score (nSPS) is 13.6. The minimum Gasteiger partial charge on any atom is -0.333 e. The lowest BCUT2D eigenvalue weighted by molar-refractivity contribution is -0.116. The number of halogens is 6. The first-order chi connectivity index (χ1) is 26.0. The predicted octanol–water partition coefficient (Wildman–Crippen LogP) is 10.3. The van der Waals surface area contributed by atoms with Crippen LogP contribution in [0.1, 0.15) is 5.56 Å². The fraction of sp³-hybridized carbons (Fsp3) is 0.0263. The number of carbonyl (C=O) groups is 1. The zero-order chi connectivity index (χ0) is 37.9. The molecule has 2 aliphatic rings. The Morgan fingerprint density at radius 3 is 1.85 bits per heavy atom. The van der Waals surface area contributed by atoms with Crippen LogP contribution >= 0.6 is 69.9 Å². The maximum Gasteiger partial charge on any atom is 0.281 e. The maximum absolute atomic E-state index is 13.1. The van der Waals surface area contributed by atoms with E-state index in [0.29, 0.717) is 63.6 Å². The van der Waals surface area contributed by atoms with Crippen molar-refractivity contribution in [2.24, 2.45) is 5.10 Å². The van der Waals surface area contributed by atoms with E-state index in [2.05, 4.69) is 20.5 Å². The molecule has 270 valence electrons. The molecule has 0 bridgehead atoms. The van der Waals surface area contributed by atoms with Gasteiger partial charge in [0.25, 0.3) is 11.5 Å². The number of benzene rings is 4. The molecule has 0 spiro atoms. The summed E-state index contributed by atoms with van der Waals surface area (Å²) in [5.74, 6) is -0.843. The van der Waals surface area contributed by atoms with Crippen LogP contribution < -0.4 is 10.9 Å². The molecule has 4 heterocycles. The van der Waals surface area contributed by atoms with E-state index in [-0.39, 0.29) is 24.2 Å². The Labute approximate surface area is 335 Å². The summed E-state index contributed by atoms with van der Waals surface area (Å²) in [6.07, 6.45) is 4.97. The molecule has 54 heavy (non-hydrogen) atoms. The van der Waals surface area contributed by atoms with Gasteiger partial charge in [0.2, 0.25) is 0 Å². The number of hydrogen-bond donors (Lipinski definition) is 1. The summed E-state index contributed by atoms with van der Waals surface area (Å²) in [5.41, 5.74) is 2.29. The summed E-state index contributed by atoms with van der Waals surface area (Å²) in [4.78, 5) is 30.6. The lowest BCUT2D eigenvalue weighted by atomic mass is 10.0. The van der Waals surface area contributed by atoms with E-state index in [1.807, 2.05) is 12.2 Å². The topological polar surface area (TPSA) is 92.0 Å². The number of fused-ring (bicyclic) bond motifs is 2. The van der Waals surface area contributed by atoms with Crippen LogP contribution in [0, 0.1) is 11.6 Å². The van der Waals surface area contributed by atoms with Crippen molar-refractivity contribution in [2.75, 3.05) is 6.67 Å². The summed E-state index contributed by atoms with van der Waals surface area (Å²) >= 11 is 27.9. The summed E-state index contributed by atoms with van der Waals surface area (Å²) in [6.45, 7) is 0.234. The highest BCUT2D eigenvalue weighted by Gasteiger charge is 2.30. The molecule has 0 unspecified atom stereocenters. The number of rotatable bonds is 5. The van der Waals surface area contributed by atoms with Crippen LogP contribution in [0.25, 0.3) is 22.2 Å². The Morgan fingerprint density at radius 1 is 0.667 bits per heavy atom. The molecule has 8 nitrogen and oxygen atoms in total. The van der Waals surface area contributed by atoms with Gasteiger partial charge in [0.05, 0.1) is 42.4 Å². The van der Waals surface area contributed by atoms with Gasteiger partial charge >= 0.3 is 0 Å². The smallest absolute Gasteiger partial charge is 0.281 e. The maximum atomic E-state index is 13.1. The number of thioether (sulfide) groups is 1. The van der Waals surface area contributed by atoms with Gasteiger partial charge in [0, 0.05) is 20.9 Å². The first-order valence-corrected chi connectivity index (χ1v) is 18.9. The molecule has 16 heteroatoms. The molecule has 6 aromatic rings. The van der Waals surface area contributed by atoms with Crippen molar-refractivity contribution >= 4 is 92.0 Å². The predicted molar refractivity (Wildman–Crippen MR) is 212 cm³/mol. The third kappa shape index (κ3) is 8.19. The average Bonchev–Trinajstić information content (AvgIpc) is 3.15. The lowest BCUT2D eigenvalue weighted by Crippen LogP contribution is -2.42. The van der Waals surface area contributed by atoms with E-state index in [0.717, 1.165) is 9.79 Å². The van der Waals surface area contributed by atoms with E-state index in [1.54, 1.807) is 77.8 Å². The Kier molecular flexibility index (Phi) is 11.4. The fourth-order valence-corrected chi connectivity index (χ4v) is 8.16. The second kappa shape index (κ2) is 16.4. The van der Waals surface area contributed by atoms with Gasteiger partial charge in [-0.05, 0) is 97.1 Å². The summed E-state index contributed by atoms with van der Waals surface area (Å²) in [6, 6.07) is 26.0. The minimum atomic E-state index is -0.439. The van der Waals surface area contributed by atoms with Gasteiger partial charge in [-0.25, -0.2) is 18.3 Å². The van der Waals surface area contributed by atoms with E-state index in [4.69, 9.17) is 46.4 Å². The molecule has 8 rings (SSSR count). The van der Waals surface area contributed by atoms with Crippen molar-refractivity contribution in [3.8, 4) is 11.1 Å². The molecular weight excluding hydrogens is 816 g/mol. The number of amides is 1. The van der Waals surface area contributed by atoms with Crippen LogP contribution in [0.15, 0.2) is 146 Å². The van der Waals surface area contributed by atoms with Crippen molar-refractivity contribution in [3.05, 3.63) is 169 Å². The SMILES string of the molecule is O=C1NCN2N=C(Sc3ccc(F)cc3)C=CC2=C1c1c(Cl)cccc1Cl.O=c1ncn2nc(Sc3ccc(F)cc3)ccc2c1-c1c(Cl)cccc1Cl. The molecule has 1 amide bonds. The Balaban J connectivity index is 0.000000167. The number of aromatic nitrogens is 3. The summed E-state index contributed by atoms with van der Waals surface area (Å²) in [5, 5.41) is 16.4. The average molecular weight is 839 g/mol. The van der Waals surface area contributed by atoms with Crippen molar-refractivity contribution < 1.29 is 13.6 Å². The van der Waals surface area contributed by atoms with Crippen LogP contribution in [0.5, 0.6) is 0 Å². The molecule has 4 aromatic carbocycles. The molecule has 0 saturated heterocycles. The first kappa shape index (κ1) is 37.6. The monoisotopic (exact) mass is 836 g/mol.